The molecule has 1 saturated heterocycles. The highest BCUT2D eigenvalue weighted by molar-refractivity contribution is 5.69. The lowest BCUT2D eigenvalue weighted by molar-refractivity contribution is -0.142. The van der Waals surface area contributed by atoms with Crippen LogP contribution in [-0.2, 0) is 14.3 Å². The van der Waals surface area contributed by atoms with Gasteiger partial charge < -0.3 is 14.4 Å². The Morgan fingerprint density at radius 3 is 2.20 bits per heavy atom. The first-order chi connectivity index (χ1) is 11.8. The summed E-state index contributed by atoms with van der Waals surface area (Å²) in [6.45, 7) is 7.16. The molecule has 25 heavy (non-hydrogen) atoms. The Morgan fingerprint density at radius 2 is 1.68 bits per heavy atom. The average molecular weight is 354 g/mol. The largest absolute Gasteiger partial charge is 0.469 e. The molecular formula is C20H35NO4. The maximum absolute atomic E-state index is 12.3. The molecule has 0 bridgehead atoms. The van der Waals surface area contributed by atoms with Crippen LogP contribution < -0.4 is 0 Å². The number of ether oxygens (including phenoxy) is 2. The molecule has 1 amide bonds. The molecule has 0 aromatic rings. The molecule has 5 heteroatoms. The van der Waals surface area contributed by atoms with Gasteiger partial charge in [-0.3, -0.25) is 4.79 Å². The second-order valence-corrected chi connectivity index (χ2v) is 8.74. The molecule has 1 aliphatic heterocycles. The maximum atomic E-state index is 12.3. The minimum Gasteiger partial charge on any atom is -0.469 e. The number of rotatable bonds is 4. The van der Waals surface area contributed by atoms with Gasteiger partial charge in [0, 0.05) is 19.5 Å². The number of carbonyl (C=O) groups is 2. The number of carbonyl (C=O) groups excluding carboxylic acids is 2. The van der Waals surface area contributed by atoms with Gasteiger partial charge in [0.15, 0.2) is 0 Å². The van der Waals surface area contributed by atoms with E-state index in [0.717, 1.165) is 32.4 Å². The zero-order valence-electron chi connectivity index (χ0n) is 16.4. The molecule has 0 spiro atoms. The van der Waals surface area contributed by atoms with Crippen LogP contribution in [0.2, 0.25) is 0 Å². The van der Waals surface area contributed by atoms with Gasteiger partial charge in [-0.25, -0.2) is 4.79 Å². The van der Waals surface area contributed by atoms with Gasteiger partial charge in [0.1, 0.15) is 5.60 Å². The molecule has 0 aromatic heterocycles. The van der Waals surface area contributed by atoms with Crippen molar-refractivity contribution in [3.8, 4) is 0 Å². The van der Waals surface area contributed by atoms with Crippen LogP contribution in [0.15, 0.2) is 0 Å². The highest BCUT2D eigenvalue weighted by Crippen LogP contribution is 2.49. The van der Waals surface area contributed by atoms with E-state index in [2.05, 4.69) is 0 Å². The van der Waals surface area contributed by atoms with E-state index >= 15 is 0 Å². The Labute approximate surface area is 152 Å². The molecule has 1 aliphatic carbocycles. The van der Waals surface area contributed by atoms with Crippen LogP contribution in [-0.4, -0.2) is 42.8 Å². The van der Waals surface area contributed by atoms with E-state index in [1.165, 1.54) is 39.2 Å². The minimum absolute atomic E-state index is 0.121. The van der Waals surface area contributed by atoms with Gasteiger partial charge in [-0.05, 0) is 64.2 Å². The molecule has 1 heterocycles. The third kappa shape index (κ3) is 5.61. The van der Waals surface area contributed by atoms with Crippen molar-refractivity contribution < 1.29 is 19.1 Å². The van der Waals surface area contributed by atoms with Crippen LogP contribution in [0, 0.1) is 11.3 Å². The fraction of sp³-hybridized carbons (Fsp3) is 0.900. The van der Waals surface area contributed by atoms with Crippen LogP contribution in [0.5, 0.6) is 0 Å². The first kappa shape index (κ1) is 20.1. The van der Waals surface area contributed by atoms with E-state index in [9.17, 15) is 9.59 Å². The van der Waals surface area contributed by atoms with Crippen LogP contribution in [0.1, 0.15) is 78.6 Å². The summed E-state index contributed by atoms with van der Waals surface area (Å²) in [6, 6.07) is 0. The average Bonchev–Trinajstić information content (AvgIpc) is 2.59. The molecule has 0 N–H and O–H groups in total. The first-order valence-electron chi connectivity index (χ1n) is 9.80. The summed E-state index contributed by atoms with van der Waals surface area (Å²) >= 11 is 0. The quantitative estimate of drug-likeness (QED) is 0.696. The normalized spacial score (nSPS) is 21.7. The van der Waals surface area contributed by atoms with Crippen molar-refractivity contribution in [2.75, 3.05) is 20.2 Å². The Balaban J connectivity index is 2.00. The Morgan fingerprint density at radius 1 is 1.08 bits per heavy atom. The smallest absolute Gasteiger partial charge is 0.410 e. The summed E-state index contributed by atoms with van der Waals surface area (Å²) in [5, 5.41) is 0. The lowest BCUT2D eigenvalue weighted by atomic mass is 9.62. The summed E-state index contributed by atoms with van der Waals surface area (Å²) in [6.07, 6.45) is 9.52. The number of hydrogen-bond acceptors (Lipinski definition) is 4. The van der Waals surface area contributed by atoms with E-state index in [0.29, 0.717) is 12.3 Å². The SMILES string of the molecule is COC(=O)CCC1(C2CCCCC2)CCN(C(=O)OC(C)(C)C)CC1. The summed E-state index contributed by atoms with van der Waals surface area (Å²) in [4.78, 5) is 25.9. The second kappa shape index (κ2) is 8.41. The molecule has 0 unspecified atom stereocenters. The molecule has 1 saturated carbocycles. The number of amides is 1. The zero-order chi connectivity index (χ0) is 18.5. The van der Waals surface area contributed by atoms with E-state index in [1.54, 1.807) is 0 Å². The third-order valence-electron chi connectivity index (χ3n) is 5.94. The van der Waals surface area contributed by atoms with Crippen LogP contribution in [0.4, 0.5) is 4.79 Å². The Bertz CT molecular complexity index is 455. The van der Waals surface area contributed by atoms with E-state index in [1.807, 2.05) is 25.7 Å². The predicted molar refractivity (Wildman–Crippen MR) is 97.3 cm³/mol. The van der Waals surface area contributed by atoms with Crippen molar-refractivity contribution in [3.05, 3.63) is 0 Å². The van der Waals surface area contributed by atoms with Gasteiger partial charge in [0.05, 0.1) is 7.11 Å². The van der Waals surface area contributed by atoms with E-state index in [4.69, 9.17) is 9.47 Å². The lowest BCUT2D eigenvalue weighted by Gasteiger charge is -2.48. The molecule has 144 valence electrons. The molecule has 2 aliphatic rings. The van der Waals surface area contributed by atoms with Gasteiger partial charge in [-0.2, -0.15) is 0 Å². The van der Waals surface area contributed by atoms with Gasteiger partial charge in [-0.1, -0.05) is 19.3 Å². The van der Waals surface area contributed by atoms with Crippen molar-refractivity contribution in [2.45, 2.75) is 84.2 Å². The van der Waals surface area contributed by atoms with Gasteiger partial charge in [0.2, 0.25) is 0 Å². The van der Waals surface area contributed by atoms with Crippen LogP contribution in [0.3, 0.4) is 0 Å². The lowest BCUT2D eigenvalue weighted by Crippen LogP contribution is -2.48. The number of esters is 1. The summed E-state index contributed by atoms with van der Waals surface area (Å²) in [7, 11) is 1.46. The number of methoxy groups -OCH3 is 1. The molecule has 2 fully saturated rings. The monoisotopic (exact) mass is 353 g/mol. The molecular weight excluding hydrogens is 318 g/mol. The third-order valence-corrected chi connectivity index (χ3v) is 5.94. The van der Waals surface area contributed by atoms with E-state index in [-0.39, 0.29) is 17.5 Å². The fourth-order valence-electron chi connectivity index (χ4n) is 4.49. The summed E-state index contributed by atoms with van der Waals surface area (Å²) < 4.78 is 10.4. The fourth-order valence-corrected chi connectivity index (χ4v) is 4.49. The summed E-state index contributed by atoms with van der Waals surface area (Å²) in [5.74, 6) is 0.552. The van der Waals surface area contributed by atoms with Crippen molar-refractivity contribution >= 4 is 12.1 Å². The topological polar surface area (TPSA) is 55.8 Å². The van der Waals surface area contributed by atoms with Gasteiger partial charge in [0.25, 0.3) is 0 Å². The van der Waals surface area contributed by atoms with Gasteiger partial charge >= 0.3 is 12.1 Å². The van der Waals surface area contributed by atoms with E-state index < -0.39 is 5.60 Å². The molecule has 0 aromatic carbocycles. The van der Waals surface area contributed by atoms with Gasteiger partial charge in [-0.15, -0.1) is 0 Å². The highest BCUT2D eigenvalue weighted by atomic mass is 16.6. The Hall–Kier alpha value is -1.26. The predicted octanol–water partition coefficient (Wildman–Crippen LogP) is 4.54. The second-order valence-electron chi connectivity index (χ2n) is 8.74. The maximum Gasteiger partial charge on any atom is 0.410 e. The Kier molecular flexibility index (Phi) is 6.75. The number of likely N-dealkylation sites (tertiary alicyclic amines) is 1. The van der Waals surface area contributed by atoms with Crippen LogP contribution in [0.25, 0.3) is 0 Å². The molecule has 5 nitrogen and oxygen atoms in total. The number of hydrogen-bond donors (Lipinski definition) is 0. The van der Waals surface area contributed by atoms with Crippen molar-refractivity contribution in [3.63, 3.8) is 0 Å². The highest BCUT2D eigenvalue weighted by Gasteiger charge is 2.43. The number of piperidine rings is 1. The molecule has 2 rings (SSSR count). The van der Waals surface area contributed by atoms with Crippen LogP contribution >= 0.6 is 0 Å². The minimum atomic E-state index is -0.458. The molecule has 0 radical (unpaired) electrons. The standard InChI is InChI=1S/C20H35NO4/c1-19(2,3)25-18(23)21-14-12-20(13-15-21,11-10-17(22)24-4)16-8-6-5-7-9-16/h16H,5-15H2,1-4H3. The van der Waals surface area contributed by atoms with Crippen molar-refractivity contribution in [1.82, 2.24) is 4.90 Å². The zero-order valence-corrected chi connectivity index (χ0v) is 16.4. The first-order valence-corrected chi connectivity index (χ1v) is 9.80. The van der Waals surface area contributed by atoms with Crippen molar-refractivity contribution in [2.24, 2.45) is 11.3 Å². The molecule has 0 atom stereocenters. The van der Waals surface area contributed by atoms with Crippen molar-refractivity contribution in [1.29, 1.82) is 0 Å². The number of nitrogens with zero attached hydrogens (tertiary/aromatic N) is 1. The summed E-state index contributed by atoms with van der Waals surface area (Å²) in [5.41, 5.74) is -0.285.